The Labute approximate surface area is 288 Å². The van der Waals surface area contributed by atoms with Gasteiger partial charge in [0.25, 0.3) is 0 Å². The number of rotatable bonds is 1. The van der Waals surface area contributed by atoms with E-state index in [0.29, 0.717) is 0 Å². The summed E-state index contributed by atoms with van der Waals surface area (Å²) in [6.07, 6.45) is 0. The van der Waals surface area contributed by atoms with Gasteiger partial charge >= 0.3 is 289 Å². The van der Waals surface area contributed by atoms with Crippen LogP contribution in [0, 0.1) is 0 Å². The Bertz CT molecular complexity index is 2660. The van der Waals surface area contributed by atoms with Crippen LogP contribution in [0.25, 0.3) is 60.6 Å². The Balaban J connectivity index is 1.40. The fourth-order valence-electron chi connectivity index (χ4n) is 8.24. The molecule has 4 heterocycles. The first-order valence-corrected chi connectivity index (χ1v) is 18.8. The molecule has 0 saturated carbocycles. The van der Waals surface area contributed by atoms with Gasteiger partial charge in [0, 0.05) is 0 Å². The molecule has 2 aromatic heterocycles. The molecule has 2 aliphatic rings. The van der Waals surface area contributed by atoms with E-state index in [4.69, 9.17) is 4.42 Å². The molecule has 0 unspecified atom stereocenters. The molecule has 2 aliphatic heterocycles. The first-order chi connectivity index (χ1) is 23.1. The van der Waals surface area contributed by atoms with Crippen molar-refractivity contribution >= 4 is 90.7 Å². The van der Waals surface area contributed by atoms with Gasteiger partial charge in [0.15, 0.2) is 0 Å². The maximum absolute atomic E-state index is 6.47. The Morgan fingerprint density at radius 2 is 1.35 bits per heavy atom. The molecule has 0 fully saturated rings. The second-order valence-corrected chi connectivity index (χ2v) is 18.0. The summed E-state index contributed by atoms with van der Waals surface area (Å²) in [5, 5.41) is 5.24. The zero-order valence-electron chi connectivity index (χ0n) is 28.2. The summed E-state index contributed by atoms with van der Waals surface area (Å²) in [5.74, 6) is 0. The van der Waals surface area contributed by atoms with E-state index in [-0.39, 0.29) is 32.5 Å². The zero-order valence-corrected chi connectivity index (χ0v) is 29.9. The van der Waals surface area contributed by atoms with Gasteiger partial charge in [-0.05, 0) is 0 Å². The summed E-state index contributed by atoms with van der Waals surface area (Å²) in [6.45, 7) is 14.2. The number of furan rings is 1. The molecule has 0 bridgehead atoms. The molecule has 0 spiro atoms. The Hall–Kier alpha value is -4.50. The molecule has 0 amide bonds. The molecular weight excluding hydrogens is 648 g/mol. The predicted octanol–water partition coefficient (Wildman–Crippen LogP) is 7.74. The number of nitrogens with zero attached hydrogens (tertiary/aromatic N) is 1. The SMILES string of the molecule is CC(C)(C)c1ccc2c(c1)c1cc(C(C)(C)C)cc3c1n2-c1cc(-c2ccccc2)cc2c1B3c1ccc3oc4ccccc4c3c1[Se]2. The number of benzene rings is 6. The van der Waals surface area contributed by atoms with Gasteiger partial charge in [-0.3, -0.25) is 0 Å². The number of aromatic nitrogens is 1. The van der Waals surface area contributed by atoms with Crippen molar-refractivity contribution in [1.29, 1.82) is 0 Å². The summed E-state index contributed by atoms with van der Waals surface area (Å²) in [4.78, 5) is 0. The van der Waals surface area contributed by atoms with Crippen LogP contribution < -0.4 is 25.3 Å². The monoisotopic (exact) mass is 685 g/mol. The van der Waals surface area contributed by atoms with Crippen molar-refractivity contribution in [1.82, 2.24) is 4.57 Å². The van der Waals surface area contributed by atoms with Gasteiger partial charge in [0.1, 0.15) is 0 Å². The molecule has 0 aliphatic carbocycles. The fraction of sp³-hybridized carbons (Fsp3) is 0.182. The van der Waals surface area contributed by atoms with Gasteiger partial charge in [-0.2, -0.15) is 0 Å². The standard InChI is InChI=1S/C44H36BNOSe/c1-43(2,3)27-16-18-34-30(22-27)31-23-28(44(4,5)6)24-33-41(31)46(34)35-20-26(25-12-8-7-9-13-25)21-38-40(35)45(33)32-17-19-37-39(42(32)48-38)29-14-10-11-15-36(29)47-37/h7-24H,1-6H3. The van der Waals surface area contributed by atoms with Crippen LogP contribution in [0.3, 0.4) is 0 Å². The summed E-state index contributed by atoms with van der Waals surface area (Å²) in [6, 6.07) is 41.4. The van der Waals surface area contributed by atoms with E-state index < -0.39 is 0 Å². The topological polar surface area (TPSA) is 18.1 Å². The normalized spacial score (nSPS) is 13.9. The first-order valence-electron chi connectivity index (χ1n) is 17.0. The van der Waals surface area contributed by atoms with Crippen molar-refractivity contribution in [3.8, 4) is 16.8 Å². The molecule has 2 nitrogen and oxygen atoms in total. The van der Waals surface area contributed by atoms with E-state index in [1.165, 1.54) is 85.8 Å². The van der Waals surface area contributed by atoms with Crippen molar-refractivity contribution in [3.63, 3.8) is 0 Å². The molecule has 0 atom stereocenters. The molecule has 6 aromatic carbocycles. The summed E-state index contributed by atoms with van der Waals surface area (Å²) in [5.41, 5.74) is 15.7. The number of fused-ring (bicyclic) bond motifs is 11. The number of para-hydroxylation sites is 1. The Morgan fingerprint density at radius 1 is 0.604 bits per heavy atom. The Kier molecular flexibility index (Phi) is 5.68. The van der Waals surface area contributed by atoms with E-state index in [1.54, 1.807) is 0 Å². The first kappa shape index (κ1) is 28.5. The van der Waals surface area contributed by atoms with Crippen LogP contribution in [-0.2, 0) is 10.8 Å². The Morgan fingerprint density at radius 3 is 2.15 bits per heavy atom. The van der Waals surface area contributed by atoms with Crippen LogP contribution in [-0.4, -0.2) is 26.2 Å². The zero-order chi connectivity index (χ0) is 32.7. The van der Waals surface area contributed by atoms with Gasteiger partial charge in [-0.15, -0.1) is 0 Å². The molecule has 10 rings (SSSR count). The second-order valence-electron chi connectivity index (χ2n) is 15.8. The minimum absolute atomic E-state index is 0.00712. The number of hydrogen-bond acceptors (Lipinski definition) is 1. The molecule has 48 heavy (non-hydrogen) atoms. The molecule has 0 saturated heterocycles. The number of hydrogen-bond donors (Lipinski definition) is 0. The van der Waals surface area contributed by atoms with E-state index in [1.807, 2.05) is 0 Å². The quantitative estimate of drug-likeness (QED) is 0.162. The van der Waals surface area contributed by atoms with Crippen molar-refractivity contribution in [2.45, 2.75) is 52.4 Å². The van der Waals surface area contributed by atoms with Gasteiger partial charge in [-0.1, -0.05) is 0 Å². The van der Waals surface area contributed by atoms with Crippen LogP contribution >= 0.6 is 0 Å². The minimum atomic E-state index is 0.00712. The van der Waals surface area contributed by atoms with Crippen LogP contribution in [0.2, 0.25) is 0 Å². The van der Waals surface area contributed by atoms with Gasteiger partial charge in [-0.25, -0.2) is 0 Å². The summed E-state index contributed by atoms with van der Waals surface area (Å²) >= 11 is 0.0908. The second kappa shape index (κ2) is 9.56. The van der Waals surface area contributed by atoms with Gasteiger partial charge in [0.2, 0.25) is 0 Å². The van der Waals surface area contributed by atoms with Crippen LogP contribution in [0.5, 0.6) is 0 Å². The maximum atomic E-state index is 6.47. The van der Waals surface area contributed by atoms with Crippen LogP contribution in [0.15, 0.2) is 114 Å². The van der Waals surface area contributed by atoms with Crippen molar-refractivity contribution < 1.29 is 4.42 Å². The van der Waals surface area contributed by atoms with Gasteiger partial charge < -0.3 is 0 Å². The van der Waals surface area contributed by atoms with Crippen molar-refractivity contribution in [2.24, 2.45) is 0 Å². The molecule has 4 heteroatoms. The third-order valence-corrected chi connectivity index (χ3v) is 13.3. The van der Waals surface area contributed by atoms with E-state index >= 15 is 0 Å². The third kappa shape index (κ3) is 3.88. The summed E-state index contributed by atoms with van der Waals surface area (Å²) < 4.78 is 12.0. The molecule has 0 radical (unpaired) electrons. The predicted molar refractivity (Wildman–Crippen MR) is 207 cm³/mol. The van der Waals surface area contributed by atoms with Crippen molar-refractivity contribution in [2.75, 3.05) is 0 Å². The van der Waals surface area contributed by atoms with E-state index in [0.717, 1.165) is 11.2 Å². The molecular formula is C44H36BNOSe. The van der Waals surface area contributed by atoms with Gasteiger partial charge in [0.05, 0.1) is 0 Å². The molecule has 232 valence electrons. The third-order valence-electron chi connectivity index (χ3n) is 10.7. The van der Waals surface area contributed by atoms with Crippen LogP contribution in [0.1, 0.15) is 52.7 Å². The van der Waals surface area contributed by atoms with Crippen LogP contribution in [0.4, 0.5) is 0 Å². The average Bonchev–Trinajstić information content (AvgIpc) is 3.62. The van der Waals surface area contributed by atoms with E-state index in [9.17, 15) is 0 Å². The molecule has 8 aromatic rings. The summed E-state index contributed by atoms with van der Waals surface area (Å²) in [7, 11) is 0. The van der Waals surface area contributed by atoms with Crippen molar-refractivity contribution in [3.05, 3.63) is 120 Å². The van der Waals surface area contributed by atoms with E-state index in [2.05, 4.69) is 155 Å². The molecule has 0 N–H and O–H groups in total. The fourth-order valence-corrected chi connectivity index (χ4v) is 11.1. The average molecular weight is 685 g/mol.